The van der Waals surface area contributed by atoms with Gasteiger partial charge in [-0.2, -0.15) is 0 Å². The van der Waals surface area contributed by atoms with E-state index in [0.29, 0.717) is 0 Å². The van der Waals surface area contributed by atoms with Crippen LogP contribution in [0.5, 0.6) is 0 Å². The lowest BCUT2D eigenvalue weighted by atomic mass is 9.96. The van der Waals surface area contributed by atoms with E-state index in [1.807, 2.05) is 0 Å². The fourth-order valence-electron chi connectivity index (χ4n) is 4.76. The first kappa shape index (κ1) is 12.8. The Kier molecular flexibility index (Phi) is 3.49. The fourth-order valence-corrected chi connectivity index (χ4v) is 4.76. The molecule has 0 spiro atoms. The monoisotopic (exact) mass is 272 g/mol. The second kappa shape index (κ2) is 5.46. The second-order valence-electron chi connectivity index (χ2n) is 7.09. The van der Waals surface area contributed by atoms with Gasteiger partial charge in [0.15, 0.2) is 0 Å². The largest absolute Gasteiger partial charge is 0.375 e. The van der Waals surface area contributed by atoms with Crippen molar-refractivity contribution in [3.05, 3.63) is 23.5 Å². The van der Waals surface area contributed by atoms with E-state index in [0.717, 1.165) is 11.8 Å². The maximum atomic E-state index is 2.70. The third-order valence-electron chi connectivity index (χ3n) is 5.87. The first-order valence-electron chi connectivity index (χ1n) is 8.82. The lowest BCUT2D eigenvalue weighted by molar-refractivity contribution is 0.345. The molecule has 2 nitrogen and oxygen atoms in total. The van der Waals surface area contributed by atoms with Gasteiger partial charge in [-0.1, -0.05) is 12.2 Å². The first-order valence-corrected chi connectivity index (χ1v) is 8.82. The highest BCUT2D eigenvalue weighted by molar-refractivity contribution is 5.20. The average molecular weight is 272 g/mol. The summed E-state index contributed by atoms with van der Waals surface area (Å²) in [5.41, 5.74) is 3.42. The van der Waals surface area contributed by atoms with Crippen molar-refractivity contribution in [3.8, 4) is 0 Å². The second-order valence-corrected chi connectivity index (χ2v) is 7.09. The van der Waals surface area contributed by atoms with Gasteiger partial charge in [-0.05, 0) is 51.4 Å². The van der Waals surface area contributed by atoms with E-state index in [1.165, 1.54) is 77.5 Å². The van der Waals surface area contributed by atoms with Gasteiger partial charge in [-0.3, -0.25) is 0 Å². The molecule has 20 heavy (non-hydrogen) atoms. The van der Waals surface area contributed by atoms with E-state index in [-0.39, 0.29) is 0 Å². The molecule has 2 atom stereocenters. The summed E-state index contributed by atoms with van der Waals surface area (Å²) in [6, 6.07) is 0. The van der Waals surface area contributed by atoms with Crippen molar-refractivity contribution < 1.29 is 0 Å². The molecule has 2 heteroatoms. The Hall–Kier alpha value is -0.920. The Balaban J connectivity index is 1.54. The molecule has 4 rings (SSSR count). The number of fused-ring (bicyclic) bond motifs is 3. The molecule has 2 bridgehead atoms. The van der Waals surface area contributed by atoms with Gasteiger partial charge in [0, 0.05) is 49.4 Å². The highest BCUT2D eigenvalue weighted by atomic mass is 15.2. The number of nitrogens with zero attached hydrogens (tertiary/aromatic N) is 2. The first-order chi connectivity index (χ1) is 9.92. The fraction of sp³-hybridized carbons (Fsp3) is 0.778. The maximum absolute atomic E-state index is 2.70. The molecular weight excluding hydrogens is 244 g/mol. The molecule has 2 aliphatic carbocycles. The van der Waals surface area contributed by atoms with E-state index in [2.05, 4.69) is 22.0 Å². The van der Waals surface area contributed by atoms with Crippen molar-refractivity contribution in [2.24, 2.45) is 11.8 Å². The van der Waals surface area contributed by atoms with Crippen molar-refractivity contribution in [2.75, 3.05) is 26.2 Å². The van der Waals surface area contributed by atoms with Crippen LogP contribution in [0.25, 0.3) is 0 Å². The molecule has 110 valence electrons. The summed E-state index contributed by atoms with van der Waals surface area (Å²) in [7, 11) is 0. The van der Waals surface area contributed by atoms with Crippen LogP contribution in [0.2, 0.25) is 0 Å². The highest BCUT2D eigenvalue weighted by Gasteiger charge is 2.31. The number of likely N-dealkylation sites (tertiary alicyclic amines) is 2. The molecule has 0 saturated carbocycles. The Morgan fingerprint density at radius 3 is 1.45 bits per heavy atom. The smallest absolute Gasteiger partial charge is 0.0175 e. The molecule has 0 unspecified atom stereocenters. The highest BCUT2D eigenvalue weighted by Crippen LogP contribution is 2.41. The van der Waals surface area contributed by atoms with Crippen LogP contribution in [0.1, 0.15) is 51.4 Å². The van der Waals surface area contributed by atoms with Crippen LogP contribution in [0.4, 0.5) is 0 Å². The molecular formula is C18H28N2. The summed E-state index contributed by atoms with van der Waals surface area (Å²) in [4.78, 5) is 5.39. The predicted molar refractivity (Wildman–Crippen MR) is 83.2 cm³/mol. The van der Waals surface area contributed by atoms with E-state index < -0.39 is 0 Å². The number of rotatable bonds is 2. The Morgan fingerprint density at radius 1 is 0.650 bits per heavy atom. The molecule has 2 heterocycles. The quantitative estimate of drug-likeness (QED) is 0.755. The predicted octanol–water partition coefficient (Wildman–Crippen LogP) is 3.77. The average Bonchev–Trinajstić information content (AvgIpc) is 3.07. The number of hydrogen-bond acceptors (Lipinski definition) is 2. The molecule has 2 saturated heterocycles. The molecule has 0 N–H and O–H groups in total. The summed E-state index contributed by atoms with van der Waals surface area (Å²) in [6.07, 6.45) is 16.3. The van der Waals surface area contributed by atoms with Gasteiger partial charge in [0.1, 0.15) is 0 Å². The SMILES string of the molecule is C1=C(N2CCCC2)[C@@H]2CC=C(N3CCCC3)[C@H](C1)CC2. The van der Waals surface area contributed by atoms with Gasteiger partial charge < -0.3 is 9.80 Å². The minimum Gasteiger partial charge on any atom is -0.375 e. The zero-order valence-electron chi connectivity index (χ0n) is 12.7. The molecule has 2 fully saturated rings. The minimum absolute atomic E-state index is 0.818. The summed E-state index contributed by atoms with van der Waals surface area (Å²) in [6.45, 7) is 5.26. The van der Waals surface area contributed by atoms with Gasteiger partial charge in [0.25, 0.3) is 0 Å². The van der Waals surface area contributed by atoms with Crippen LogP contribution in [-0.2, 0) is 0 Å². The van der Waals surface area contributed by atoms with Crippen LogP contribution < -0.4 is 0 Å². The normalized spacial score (nSPS) is 34.0. The van der Waals surface area contributed by atoms with Crippen LogP contribution in [0, 0.1) is 11.8 Å². The van der Waals surface area contributed by atoms with Crippen molar-refractivity contribution in [1.29, 1.82) is 0 Å². The van der Waals surface area contributed by atoms with Gasteiger partial charge in [0.05, 0.1) is 0 Å². The molecule has 0 aromatic heterocycles. The summed E-state index contributed by atoms with van der Waals surface area (Å²) in [5.74, 6) is 1.64. The zero-order chi connectivity index (χ0) is 13.4. The van der Waals surface area contributed by atoms with Crippen molar-refractivity contribution in [1.82, 2.24) is 9.80 Å². The third-order valence-corrected chi connectivity index (χ3v) is 5.87. The van der Waals surface area contributed by atoms with E-state index >= 15 is 0 Å². The summed E-state index contributed by atoms with van der Waals surface area (Å²) >= 11 is 0. The molecule has 0 radical (unpaired) electrons. The number of allylic oxidation sites excluding steroid dienone is 4. The Morgan fingerprint density at radius 2 is 1.05 bits per heavy atom. The molecule has 0 aromatic carbocycles. The Labute approximate surface area is 123 Å². The molecule has 4 aliphatic rings. The molecule has 0 aromatic rings. The molecule has 0 amide bonds. The van der Waals surface area contributed by atoms with Crippen LogP contribution in [0.3, 0.4) is 0 Å². The zero-order valence-corrected chi connectivity index (χ0v) is 12.7. The minimum atomic E-state index is 0.818. The van der Waals surface area contributed by atoms with Crippen LogP contribution >= 0.6 is 0 Å². The lowest BCUT2D eigenvalue weighted by Gasteiger charge is -2.30. The van der Waals surface area contributed by atoms with E-state index in [4.69, 9.17) is 0 Å². The van der Waals surface area contributed by atoms with Gasteiger partial charge >= 0.3 is 0 Å². The Bertz CT molecular complexity index is 371. The van der Waals surface area contributed by atoms with Crippen LogP contribution in [0.15, 0.2) is 23.5 Å². The third kappa shape index (κ3) is 2.27. The van der Waals surface area contributed by atoms with Crippen molar-refractivity contribution >= 4 is 0 Å². The maximum Gasteiger partial charge on any atom is 0.0175 e. The van der Waals surface area contributed by atoms with E-state index in [9.17, 15) is 0 Å². The van der Waals surface area contributed by atoms with Gasteiger partial charge in [0.2, 0.25) is 0 Å². The standard InChI is InChI=1S/C18H28N2/c1-2-12-19(11-1)17-9-7-16-6-5-15(17)8-10-18(16)20-13-3-4-14-20/h9-10,15-16H,1-8,11-14H2/t15-,16-/m0/s1. The topological polar surface area (TPSA) is 6.48 Å². The van der Waals surface area contributed by atoms with Crippen molar-refractivity contribution in [3.63, 3.8) is 0 Å². The summed E-state index contributed by atoms with van der Waals surface area (Å²) in [5, 5.41) is 0. The lowest BCUT2D eigenvalue weighted by Crippen LogP contribution is -2.25. The van der Waals surface area contributed by atoms with E-state index in [1.54, 1.807) is 11.4 Å². The van der Waals surface area contributed by atoms with Crippen LogP contribution in [-0.4, -0.2) is 36.0 Å². The molecule has 2 aliphatic heterocycles. The summed E-state index contributed by atoms with van der Waals surface area (Å²) < 4.78 is 0. The van der Waals surface area contributed by atoms with Gasteiger partial charge in [-0.15, -0.1) is 0 Å². The van der Waals surface area contributed by atoms with Gasteiger partial charge in [-0.25, -0.2) is 0 Å². The number of hydrogen-bond donors (Lipinski definition) is 0. The van der Waals surface area contributed by atoms with Crippen molar-refractivity contribution in [2.45, 2.75) is 51.4 Å².